The van der Waals surface area contributed by atoms with Crippen LogP contribution in [0.15, 0.2) is 0 Å². The molecular weight excluding hydrogens is 116 g/mol. The van der Waals surface area contributed by atoms with E-state index in [1.807, 2.05) is 0 Å². The molecule has 0 aromatic carbocycles. The summed E-state index contributed by atoms with van der Waals surface area (Å²) in [6.45, 7) is 2.28. The minimum absolute atomic E-state index is 0.0637. The quantitative estimate of drug-likeness (QED) is 0.517. The van der Waals surface area contributed by atoms with Crippen molar-refractivity contribution in [1.29, 1.82) is 0 Å². The maximum Gasteiger partial charge on any atom is -0.0153 e. The largest absolute Gasteiger partial charge is 0.242 e. The molecule has 1 saturated heterocycles. The summed E-state index contributed by atoms with van der Waals surface area (Å²) in [7, 11) is 0.0637. The van der Waals surface area contributed by atoms with Gasteiger partial charge >= 0.3 is 0 Å². The molecule has 1 heteroatoms. The van der Waals surface area contributed by atoms with Crippen LogP contribution in [0.1, 0.15) is 19.8 Å². The van der Waals surface area contributed by atoms with Gasteiger partial charge in [-0.05, 0) is 29.9 Å². The second-order valence-electron chi connectivity index (χ2n) is 2.94. The van der Waals surface area contributed by atoms with Gasteiger partial charge < -0.3 is 0 Å². The molecule has 1 rings (SSSR count). The Labute approximate surface area is 54.0 Å². The zero-order valence-corrected chi connectivity index (χ0v) is 6.76. The van der Waals surface area contributed by atoms with Crippen LogP contribution in [0.3, 0.4) is 0 Å². The average Bonchev–Trinajstić information content (AvgIpc) is 2.45. The standard InChI is InChI=1S/C7H16S/c1-3-4-5-8(2)6-7-8/h3-7H2,1-2H3. The van der Waals surface area contributed by atoms with Gasteiger partial charge in [0.2, 0.25) is 0 Å². The maximum absolute atomic E-state index is 2.49. The molecule has 0 atom stereocenters. The van der Waals surface area contributed by atoms with Gasteiger partial charge in [0.25, 0.3) is 0 Å². The van der Waals surface area contributed by atoms with E-state index >= 15 is 0 Å². The summed E-state index contributed by atoms with van der Waals surface area (Å²) in [4.78, 5) is 0. The molecule has 0 unspecified atom stereocenters. The monoisotopic (exact) mass is 132 g/mol. The van der Waals surface area contributed by atoms with Crippen molar-refractivity contribution in [3.63, 3.8) is 0 Å². The molecule has 8 heavy (non-hydrogen) atoms. The smallest absolute Gasteiger partial charge is 0.0153 e. The summed E-state index contributed by atoms with van der Waals surface area (Å²) in [6.07, 6.45) is 5.36. The summed E-state index contributed by atoms with van der Waals surface area (Å²) < 4.78 is 0. The van der Waals surface area contributed by atoms with E-state index in [2.05, 4.69) is 13.2 Å². The summed E-state index contributed by atoms with van der Waals surface area (Å²) in [5.41, 5.74) is 0. The van der Waals surface area contributed by atoms with Crippen molar-refractivity contribution in [2.45, 2.75) is 19.8 Å². The first kappa shape index (κ1) is 6.47. The van der Waals surface area contributed by atoms with Gasteiger partial charge in [-0.25, -0.2) is 10.0 Å². The Kier molecular flexibility index (Phi) is 1.86. The molecule has 1 aliphatic heterocycles. The Morgan fingerprint density at radius 2 is 2.00 bits per heavy atom. The first-order valence-electron chi connectivity index (χ1n) is 3.48. The Balaban J connectivity index is 2.01. The molecule has 1 fully saturated rings. The highest BCUT2D eigenvalue weighted by Crippen LogP contribution is 2.58. The van der Waals surface area contributed by atoms with Crippen LogP contribution < -0.4 is 0 Å². The van der Waals surface area contributed by atoms with Crippen LogP contribution in [0.25, 0.3) is 0 Å². The fourth-order valence-electron chi connectivity index (χ4n) is 0.839. The van der Waals surface area contributed by atoms with E-state index < -0.39 is 0 Å². The van der Waals surface area contributed by atoms with Gasteiger partial charge in [-0.15, -0.1) is 0 Å². The van der Waals surface area contributed by atoms with E-state index in [0.717, 1.165) is 0 Å². The molecule has 0 nitrogen and oxygen atoms in total. The topological polar surface area (TPSA) is 0 Å². The van der Waals surface area contributed by atoms with Gasteiger partial charge in [-0.2, -0.15) is 0 Å². The van der Waals surface area contributed by atoms with Crippen LogP contribution in [0, 0.1) is 0 Å². The zero-order valence-electron chi connectivity index (χ0n) is 5.94. The summed E-state index contributed by atoms with van der Waals surface area (Å²) in [5.74, 6) is 4.71. The molecule has 0 aromatic rings. The molecule has 0 amide bonds. The number of hydrogen-bond donors (Lipinski definition) is 0. The molecule has 50 valence electrons. The second-order valence-corrected chi connectivity index (χ2v) is 7.13. The summed E-state index contributed by atoms with van der Waals surface area (Å²) in [6, 6.07) is 0. The zero-order chi connectivity index (χ0) is 6.04. The highest BCUT2D eigenvalue weighted by Gasteiger charge is 2.29. The first-order valence-corrected chi connectivity index (χ1v) is 6.03. The van der Waals surface area contributed by atoms with Gasteiger partial charge in [0.15, 0.2) is 0 Å². The van der Waals surface area contributed by atoms with Gasteiger partial charge in [-0.1, -0.05) is 13.3 Å². The minimum Gasteiger partial charge on any atom is -0.242 e. The molecule has 0 aliphatic carbocycles. The van der Waals surface area contributed by atoms with Crippen LogP contribution in [0.2, 0.25) is 0 Å². The molecule has 0 radical (unpaired) electrons. The van der Waals surface area contributed by atoms with E-state index in [0.29, 0.717) is 0 Å². The van der Waals surface area contributed by atoms with Crippen molar-refractivity contribution in [1.82, 2.24) is 0 Å². The van der Waals surface area contributed by atoms with Crippen LogP contribution in [-0.2, 0) is 0 Å². The van der Waals surface area contributed by atoms with Gasteiger partial charge in [0.1, 0.15) is 0 Å². The molecule has 1 heterocycles. The Hall–Kier alpha value is 0.350. The Bertz CT molecular complexity index is 74.5. The third-order valence-corrected chi connectivity index (χ3v) is 4.97. The SMILES string of the molecule is CCCCS1(C)CC1. The van der Waals surface area contributed by atoms with Gasteiger partial charge in [0.05, 0.1) is 0 Å². The predicted octanol–water partition coefficient (Wildman–Crippen LogP) is 2.23. The fraction of sp³-hybridized carbons (Fsp3) is 1.00. The highest BCUT2D eigenvalue weighted by atomic mass is 32.3. The third-order valence-electron chi connectivity index (χ3n) is 1.89. The van der Waals surface area contributed by atoms with E-state index in [1.165, 1.54) is 12.8 Å². The van der Waals surface area contributed by atoms with Crippen LogP contribution >= 0.6 is 10.0 Å². The molecule has 1 aliphatic rings. The summed E-state index contributed by atoms with van der Waals surface area (Å²) >= 11 is 0. The molecule has 0 bridgehead atoms. The number of unbranched alkanes of at least 4 members (excludes halogenated alkanes) is 1. The lowest BCUT2D eigenvalue weighted by molar-refractivity contribution is 0.895. The second kappa shape index (κ2) is 2.30. The van der Waals surface area contributed by atoms with Crippen molar-refractivity contribution in [2.75, 3.05) is 23.5 Å². The lowest BCUT2D eigenvalue weighted by Crippen LogP contribution is -1.85. The first-order chi connectivity index (χ1) is 3.77. The van der Waals surface area contributed by atoms with Crippen LogP contribution in [-0.4, -0.2) is 23.5 Å². The van der Waals surface area contributed by atoms with Gasteiger partial charge in [0, 0.05) is 0 Å². The van der Waals surface area contributed by atoms with Crippen molar-refractivity contribution in [3.05, 3.63) is 0 Å². The normalized spacial score (nSPS) is 27.2. The van der Waals surface area contributed by atoms with E-state index in [-0.39, 0.29) is 10.0 Å². The lowest BCUT2D eigenvalue weighted by atomic mass is 10.4. The van der Waals surface area contributed by atoms with Gasteiger partial charge in [-0.3, -0.25) is 0 Å². The summed E-state index contributed by atoms with van der Waals surface area (Å²) in [5, 5.41) is 0. The third kappa shape index (κ3) is 1.70. The molecule has 0 spiro atoms. The maximum atomic E-state index is 2.49. The van der Waals surface area contributed by atoms with E-state index in [4.69, 9.17) is 0 Å². The number of rotatable bonds is 3. The van der Waals surface area contributed by atoms with E-state index in [1.54, 1.807) is 17.3 Å². The van der Waals surface area contributed by atoms with Crippen LogP contribution in [0.5, 0.6) is 0 Å². The number of hydrogen-bond acceptors (Lipinski definition) is 0. The average molecular weight is 132 g/mol. The van der Waals surface area contributed by atoms with E-state index in [9.17, 15) is 0 Å². The molecule has 0 aromatic heterocycles. The van der Waals surface area contributed by atoms with Crippen molar-refractivity contribution in [2.24, 2.45) is 0 Å². The highest BCUT2D eigenvalue weighted by molar-refractivity contribution is 8.38. The minimum atomic E-state index is 0.0637. The predicted molar refractivity (Wildman–Crippen MR) is 43.0 cm³/mol. The fourth-order valence-corrected chi connectivity index (χ4v) is 3.37. The van der Waals surface area contributed by atoms with Crippen molar-refractivity contribution in [3.8, 4) is 0 Å². The van der Waals surface area contributed by atoms with Crippen molar-refractivity contribution >= 4 is 10.0 Å². The molecule has 0 saturated carbocycles. The lowest BCUT2D eigenvalue weighted by Gasteiger charge is -2.10. The van der Waals surface area contributed by atoms with Crippen molar-refractivity contribution < 1.29 is 0 Å². The molecular formula is C7H16S. The molecule has 0 N–H and O–H groups in total. The Morgan fingerprint density at radius 3 is 2.38 bits per heavy atom. The van der Waals surface area contributed by atoms with Crippen LogP contribution in [0.4, 0.5) is 0 Å². The Morgan fingerprint density at radius 1 is 1.38 bits per heavy atom.